The first-order valence-electron chi connectivity index (χ1n) is 5.28. The fourth-order valence-corrected chi connectivity index (χ4v) is 1.66. The minimum Gasteiger partial charge on any atom is -0.454 e. The highest BCUT2D eigenvalue weighted by Crippen LogP contribution is 2.32. The number of nitriles is 1. The molecule has 0 amide bonds. The molecule has 1 aliphatic rings. The van der Waals surface area contributed by atoms with Crippen molar-refractivity contribution in [2.75, 3.05) is 6.79 Å². The molecule has 0 radical (unpaired) electrons. The van der Waals surface area contributed by atoms with Gasteiger partial charge in [-0.15, -0.1) is 16.9 Å². The molecular formula is C11H15N4O2+. The first-order valence-corrected chi connectivity index (χ1v) is 5.28. The van der Waals surface area contributed by atoms with Crippen LogP contribution >= 0.6 is 0 Å². The van der Waals surface area contributed by atoms with Crippen molar-refractivity contribution < 1.29 is 14.2 Å². The fraction of sp³-hybridized carbons (Fsp3) is 0.364. The highest BCUT2D eigenvalue weighted by atomic mass is 16.7. The van der Waals surface area contributed by atoms with Crippen molar-refractivity contribution >= 4 is 0 Å². The summed E-state index contributed by atoms with van der Waals surface area (Å²) in [6, 6.07) is 5.44. The van der Waals surface area contributed by atoms with Crippen LogP contribution in [0.4, 0.5) is 0 Å². The lowest BCUT2D eigenvalue weighted by molar-refractivity contribution is -0.912. The Labute approximate surface area is 99.5 Å². The Bertz CT molecular complexity index is 467. The molecule has 17 heavy (non-hydrogen) atoms. The number of nitrogens with zero attached hydrogens (tertiary/aromatic N) is 2. The largest absolute Gasteiger partial charge is 0.454 e. The van der Waals surface area contributed by atoms with Gasteiger partial charge in [-0.3, -0.25) is 0 Å². The molecule has 6 heteroatoms. The van der Waals surface area contributed by atoms with Crippen LogP contribution in [-0.4, -0.2) is 17.5 Å². The highest BCUT2D eigenvalue weighted by Gasteiger charge is 2.28. The molecule has 1 aromatic rings. The Balaban J connectivity index is 2.12. The van der Waals surface area contributed by atoms with E-state index >= 15 is 0 Å². The minimum absolute atomic E-state index is 0.208. The molecule has 0 saturated heterocycles. The molecule has 4 N–H and O–H groups in total. The topological polar surface area (TPSA) is 94.3 Å². The van der Waals surface area contributed by atoms with Gasteiger partial charge in [-0.25, -0.2) is 0 Å². The van der Waals surface area contributed by atoms with Gasteiger partial charge < -0.3 is 9.47 Å². The lowest BCUT2D eigenvalue weighted by Gasteiger charge is -2.23. The van der Waals surface area contributed by atoms with Crippen molar-refractivity contribution in [3.8, 4) is 17.7 Å². The molecule has 0 aromatic heterocycles. The summed E-state index contributed by atoms with van der Waals surface area (Å²) in [5.41, 5.74) is 1.01. The molecule has 0 spiro atoms. The number of hydrogen-bond donors (Lipinski definition) is 2. The molecule has 0 saturated carbocycles. The monoisotopic (exact) mass is 235 g/mol. The number of benzene rings is 1. The van der Waals surface area contributed by atoms with Crippen LogP contribution in [0.3, 0.4) is 0 Å². The summed E-state index contributed by atoms with van der Waals surface area (Å²) in [4.78, 5) is 0. The Morgan fingerprint density at radius 3 is 2.82 bits per heavy atom. The molecule has 6 nitrogen and oxygen atoms in total. The van der Waals surface area contributed by atoms with Gasteiger partial charge in [0.25, 0.3) is 0 Å². The Morgan fingerprint density at radius 1 is 1.41 bits per heavy atom. The van der Waals surface area contributed by atoms with E-state index in [1.54, 1.807) is 0 Å². The Hall–Kier alpha value is -1.81. The van der Waals surface area contributed by atoms with Crippen molar-refractivity contribution in [3.63, 3.8) is 0 Å². The van der Waals surface area contributed by atoms with E-state index in [2.05, 4.69) is 0 Å². The summed E-state index contributed by atoms with van der Waals surface area (Å²) in [6.45, 7) is 2.08. The lowest BCUT2D eigenvalue weighted by Crippen LogP contribution is -2.62. The zero-order valence-electron chi connectivity index (χ0n) is 9.59. The third-order valence-corrected chi connectivity index (χ3v) is 2.87. The SMILES string of the molecule is CC(Cc1ccc2c(c1)OCO2)[N+](N)(N)C#N. The van der Waals surface area contributed by atoms with Gasteiger partial charge in [0.2, 0.25) is 6.79 Å². The maximum Gasteiger partial charge on any atom is 0.351 e. The summed E-state index contributed by atoms with van der Waals surface area (Å²) in [6.07, 6.45) is 2.45. The summed E-state index contributed by atoms with van der Waals surface area (Å²) >= 11 is 0. The Morgan fingerprint density at radius 2 is 2.12 bits per heavy atom. The molecule has 1 unspecified atom stereocenters. The van der Waals surface area contributed by atoms with E-state index in [0.717, 1.165) is 17.1 Å². The van der Waals surface area contributed by atoms with Gasteiger partial charge >= 0.3 is 6.19 Å². The predicted molar refractivity (Wildman–Crippen MR) is 60.0 cm³/mol. The zero-order chi connectivity index (χ0) is 12.5. The third-order valence-electron chi connectivity index (χ3n) is 2.87. The van der Waals surface area contributed by atoms with Crippen molar-refractivity contribution in [1.82, 2.24) is 0 Å². The molecule has 0 bridgehead atoms. The van der Waals surface area contributed by atoms with E-state index in [-0.39, 0.29) is 12.8 Å². The van der Waals surface area contributed by atoms with Crippen molar-refractivity contribution in [3.05, 3.63) is 23.8 Å². The number of nitrogens with two attached hydrogens (primary N) is 2. The molecule has 1 aromatic carbocycles. The molecule has 2 rings (SSSR count). The first-order chi connectivity index (χ1) is 8.03. The predicted octanol–water partition coefficient (Wildman–Crippen LogP) is 0.392. The van der Waals surface area contributed by atoms with Crippen LogP contribution in [-0.2, 0) is 6.42 Å². The second-order valence-electron chi connectivity index (χ2n) is 4.18. The van der Waals surface area contributed by atoms with Crippen molar-refractivity contribution in [1.29, 1.82) is 5.26 Å². The maximum absolute atomic E-state index is 8.82. The van der Waals surface area contributed by atoms with E-state index in [1.807, 2.05) is 31.3 Å². The molecule has 90 valence electrons. The Kier molecular flexibility index (Phi) is 2.90. The second-order valence-corrected chi connectivity index (χ2v) is 4.18. The van der Waals surface area contributed by atoms with Crippen LogP contribution in [0.1, 0.15) is 12.5 Å². The van der Waals surface area contributed by atoms with Crippen molar-refractivity contribution in [2.45, 2.75) is 19.4 Å². The van der Waals surface area contributed by atoms with Gasteiger partial charge in [-0.2, -0.15) is 0 Å². The maximum atomic E-state index is 8.82. The van der Waals surface area contributed by atoms with Gasteiger partial charge in [0, 0.05) is 6.42 Å². The number of hydrogen-bond acceptors (Lipinski definition) is 5. The van der Waals surface area contributed by atoms with Gasteiger partial charge in [-0.1, -0.05) is 10.8 Å². The number of ether oxygens (including phenoxy) is 2. The molecule has 1 heterocycles. The van der Waals surface area contributed by atoms with E-state index in [0.29, 0.717) is 6.42 Å². The van der Waals surface area contributed by atoms with Crippen LogP contribution in [0, 0.1) is 11.5 Å². The molecular weight excluding hydrogens is 220 g/mol. The summed E-state index contributed by atoms with van der Waals surface area (Å²) in [7, 11) is 0. The number of quaternary nitrogens is 1. The third kappa shape index (κ3) is 2.31. The fourth-order valence-electron chi connectivity index (χ4n) is 1.66. The van der Waals surface area contributed by atoms with Crippen LogP contribution in [0.2, 0.25) is 0 Å². The minimum atomic E-state index is -0.658. The normalized spacial score (nSPS) is 15.4. The van der Waals surface area contributed by atoms with E-state index in [9.17, 15) is 0 Å². The molecule has 1 atom stereocenters. The summed E-state index contributed by atoms with van der Waals surface area (Å²) in [5.74, 6) is 12.7. The second kappa shape index (κ2) is 4.22. The molecule has 1 aliphatic heterocycles. The van der Waals surface area contributed by atoms with Gasteiger partial charge in [0.05, 0.1) is 0 Å². The van der Waals surface area contributed by atoms with E-state index in [4.69, 9.17) is 26.4 Å². The molecule has 0 aliphatic carbocycles. The van der Waals surface area contributed by atoms with Crippen LogP contribution in [0.25, 0.3) is 0 Å². The number of rotatable bonds is 3. The summed E-state index contributed by atoms with van der Waals surface area (Å²) < 4.78 is 9.84. The van der Waals surface area contributed by atoms with Gasteiger partial charge in [0.1, 0.15) is 6.04 Å². The lowest BCUT2D eigenvalue weighted by atomic mass is 10.1. The van der Waals surface area contributed by atoms with E-state index < -0.39 is 4.70 Å². The van der Waals surface area contributed by atoms with Crippen LogP contribution in [0.5, 0.6) is 11.5 Å². The van der Waals surface area contributed by atoms with Crippen LogP contribution < -0.4 is 21.2 Å². The first kappa shape index (κ1) is 11.7. The average molecular weight is 235 g/mol. The average Bonchev–Trinajstić information content (AvgIpc) is 2.76. The zero-order valence-corrected chi connectivity index (χ0v) is 9.59. The van der Waals surface area contributed by atoms with Crippen molar-refractivity contribution in [2.24, 2.45) is 11.7 Å². The number of fused-ring (bicyclic) bond motifs is 1. The van der Waals surface area contributed by atoms with Gasteiger partial charge in [0.15, 0.2) is 11.5 Å². The smallest absolute Gasteiger partial charge is 0.351 e. The van der Waals surface area contributed by atoms with E-state index in [1.165, 1.54) is 0 Å². The standard InChI is InChI=1S/C11H15N4O2/c1-8(15(13,14)6-12)4-9-2-3-10-11(5-9)17-7-16-10/h2-3,5,8H,4,7,13-14H2,1H3/q+1. The highest BCUT2D eigenvalue weighted by molar-refractivity contribution is 5.44. The van der Waals surface area contributed by atoms with Gasteiger partial charge in [-0.05, 0) is 24.6 Å². The van der Waals surface area contributed by atoms with Crippen LogP contribution in [0.15, 0.2) is 18.2 Å². The summed E-state index contributed by atoms with van der Waals surface area (Å²) in [5, 5.41) is 8.82. The quantitative estimate of drug-likeness (QED) is 0.342. The molecule has 0 fully saturated rings.